The minimum absolute atomic E-state index is 0.203. The molecule has 0 aliphatic rings. The quantitative estimate of drug-likeness (QED) is 0.588. The second kappa shape index (κ2) is 3.59. The zero-order valence-corrected chi connectivity index (χ0v) is 6.16. The Balaban J connectivity index is 3.64. The Morgan fingerprint density at radius 3 is 2.09 bits per heavy atom. The van der Waals surface area contributed by atoms with Gasteiger partial charge >= 0.3 is 12.1 Å². The van der Waals surface area contributed by atoms with Gasteiger partial charge in [-0.1, -0.05) is 0 Å². The fourth-order valence-corrected chi connectivity index (χ4v) is 0.292. The summed E-state index contributed by atoms with van der Waals surface area (Å²) in [5.74, 6) is -0.712. The third-order valence-electron chi connectivity index (χ3n) is 0.775. The van der Waals surface area contributed by atoms with E-state index in [1.807, 2.05) is 0 Å². The Bertz CT molecular complexity index is 139. The van der Waals surface area contributed by atoms with Gasteiger partial charge in [-0.15, -0.1) is 0 Å². The molecule has 0 aromatic heterocycles. The van der Waals surface area contributed by atoms with Crippen LogP contribution in [0.15, 0.2) is 0 Å². The van der Waals surface area contributed by atoms with Crippen molar-refractivity contribution in [3.05, 3.63) is 5.92 Å². The molecule has 0 amide bonds. The molecule has 0 bridgehead atoms. The van der Waals surface area contributed by atoms with Gasteiger partial charge in [-0.3, -0.25) is 4.79 Å². The molecule has 0 aromatic carbocycles. The molecular weight excluding hydrogens is 161 g/mol. The molecule has 11 heavy (non-hydrogen) atoms. The Hall–Kier alpha value is -0.740. The highest BCUT2D eigenvalue weighted by molar-refractivity contribution is 5.83. The van der Waals surface area contributed by atoms with Crippen LogP contribution in [0.4, 0.5) is 13.2 Å². The van der Waals surface area contributed by atoms with Crippen molar-refractivity contribution in [3.63, 3.8) is 0 Å². The van der Waals surface area contributed by atoms with Gasteiger partial charge in [-0.25, -0.2) is 0 Å². The summed E-state index contributed by atoms with van der Waals surface area (Å²) in [6.07, 6.45) is -4.44. The maximum Gasteiger partial charge on any atom is 0.422 e. The summed E-state index contributed by atoms with van der Waals surface area (Å²) < 4.78 is 38.0. The van der Waals surface area contributed by atoms with Crippen LogP contribution in [0.3, 0.4) is 0 Å². The molecule has 0 spiro atoms. The first-order valence-corrected chi connectivity index (χ1v) is 2.87. The molecule has 0 N–H and O–H groups in total. The van der Waals surface area contributed by atoms with Gasteiger partial charge in [-0.2, -0.15) is 13.2 Å². The van der Waals surface area contributed by atoms with E-state index in [-0.39, 0.29) is 5.92 Å². The van der Waals surface area contributed by atoms with Gasteiger partial charge < -0.3 is 4.74 Å². The van der Waals surface area contributed by atoms with E-state index in [1.54, 1.807) is 0 Å². The third-order valence-corrected chi connectivity index (χ3v) is 0.775. The molecule has 0 saturated heterocycles. The van der Waals surface area contributed by atoms with Crippen molar-refractivity contribution in [2.24, 2.45) is 0 Å². The number of hydrogen-bond donors (Lipinski definition) is 0. The van der Waals surface area contributed by atoms with Crippen LogP contribution < -0.4 is 0 Å². The minimum Gasteiger partial charge on any atom is -0.456 e. The zero-order valence-electron chi connectivity index (χ0n) is 6.16. The first-order valence-electron chi connectivity index (χ1n) is 2.87. The maximum atomic E-state index is 11.4. The Morgan fingerprint density at radius 2 is 1.82 bits per heavy atom. The largest absolute Gasteiger partial charge is 0.456 e. The molecule has 0 aliphatic carbocycles. The highest BCUT2D eigenvalue weighted by Gasteiger charge is 2.29. The van der Waals surface area contributed by atoms with Crippen LogP contribution >= 0.6 is 0 Å². The lowest BCUT2D eigenvalue weighted by atomic mass is 10.2. The number of esters is 1. The predicted octanol–water partition coefficient (Wildman–Crippen LogP) is 1.71. The maximum absolute atomic E-state index is 11.4. The second-order valence-corrected chi connectivity index (χ2v) is 2.19. The summed E-state index contributed by atoms with van der Waals surface area (Å²) >= 11 is 0. The molecule has 2 nitrogen and oxygen atoms in total. The van der Waals surface area contributed by atoms with Gasteiger partial charge in [0.15, 0.2) is 6.61 Å². The van der Waals surface area contributed by atoms with Crippen molar-refractivity contribution in [1.29, 1.82) is 0 Å². The van der Waals surface area contributed by atoms with Gasteiger partial charge in [0.1, 0.15) is 0 Å². The number of rotatable bonds is 2. The van der Waals surface area contributed by atoms with Crippen LogP contribution in [0.25, 0.3) is 0 Å². The lowest BCUT2D eigenvalue weighted by molar-refractivity contribution is -0.184. The van der Waals surface area contributed by atoms with E-state index >= 15 is 0 Å². The number of carbonyl (C=O) groups is 1. The van der Waals surface area contributed by atoms with Gasteiger partial charge in [0, 0.05) is 0 Å². The standard InChI is InChI=1S/C6H8F3O2/c1-4(2)5(10)11-3-6(7,8)9/h3H2,1-2H3. The van der Waals surface area contributed by atoms with Crippen LogP contribution in [-0.4, -0.2) is 18.8 Å². The molecule has 5 heteroatoms. The van der Waals surface area contributed by atoms with E-state index in [2.05, 4.69) is 4.74 Å². The number of alkyl halides is 3. The van der Waals surface area contributed by atoms with Crippen molar-refractivity contribution in [3.8, 4) is 0 Å². The summed E-state index contributed by atoms with van der Waals surface area (Å²) in [7, 11) is 0. The molecule has 0 aliphatic heterocycles. The van der Waals surface area contributed by atoms with E-state index in [4.69, 9.17) is 0 Å². The molecule has 1 radical (unpaired) electrons. The normalized spacial score (nSPS) is 11.8. The average molecular weight is 169 g/mol. The molecule has 0 aromatic rings. The van der Waals surface area contributed by atoms with Crippen LogP contribution in [0.2, 0.25) is 0 Å². The van der Waals surface area contributed by atoms with Gasteiger partial charge in [0.25, 0.3) is 0 Å². The van der Waals surface area contributed by atoms with E-state index in [0.717, 1.165) is 0 Å². The van der Waals surface area contributed by atoms with E-state index in [1.165, 1.54) is 13.8 Å². The van der Waals surface area contributed by atoms with E-state index in [0.29, 0.717) is 0 Å². The van der Waals surface area contributed by atoms with Crippen molar-refractivity contribution in [2.45, 2.75) is 20.0 Å². The van der Waals surface area contributed by atoms with Crippen LogP contribution in [-0.2, 0) is 9.53 Å². The Morgan fingerprint density at radius 1 is 1.36 bits per heavy atom. The average Bonchev–Trinajstić information content (AvgIpc) is 1.80. The molecule has 0 rings (SSSR count). The molecule has 0 atom stereocenters. The summed E-state index contributed by atoms with van der Waals surface area (Å²) in [4.78, 5) is 10.4. The molecule has 0 saturated carbocycles. The number of carbonyl (C=O) groups excluding carboxylic acids is 1. The number of ether oxygens (including phenoxy) is 1. The van der Waals surface area contributed by atoms with E-state index < -0.39 is 18.8 Å². The smallest absolute Gasteiger partial charge is 0.422 e. The molecule has 65 valence electrons. The lowest BCUT2D eigenvalue weighted by Gasteiger charge is -2.08. The molecule has 0 fully saturated rings. The second-order valence-electron chi connectivity index (χ2n) is 2.19. The Labute approximate surface area is 62.3 Å². The third kappa shape index (κ3) is 5.69. The fraction of sp³-hybridized carbons (Fsp3) is 0.667. The first kappa shape index (κ1) is 10.3. The fourth-order valence-electron chi connectivity index (χ4n) is 0.292. The zero-order chi connectivity index (χ0) is 9.07. The number of halogens is 3. The monoisotopic (exact) mass is 169 g/mol. The summed E-state index contributed by atoms with van der Waals surface area (Å²) in [5, 5.41) is 0. The summed E-state index contributed by atoms with van der Waals surface area (Å²) in [5.41, 5.74) is 0. The van der Waals surface area contributed by atoms with Gasteiger partial charge in [-0.05, 0) is 13.8 Å². The lowest BCUT2D eigenvalue weighted by Crippen LogP contribution is -2.21. The van der Waals surface area contributed by atoms with Crippen molar-refractivity contribution in [1.82, 2.24) is 0 Å². The summed E-state index contributed by atoms with van der Waals surface area (Å²) in [6.45, 7) is 1.26. The van der Waals surface area contributed by atoms with Crippen molar-refractivity contribution < 1.29 is 22.7 Å². The highest BCUT2D eigenvalue weighted by Crippen LogP contribution is 2.15. The molecular formula is C6H8F3O2. The van der Waals surface area contributed by atoms with Gasteiger partial charge in [0.2, 0.25) is 0 Å². The topological polar surface area (TPSA) is 26.3 Å². The predicted molar refractivity (Wildman–Crippen MR) is 31.6 cm³/mol. The number of hydrogen-bond acceptors (Lipinski definition) is 2. The minimum atomic E-state index is -4.44. The highest BCUT2D eigenvalue weighted by atomic mass is 19.4. The van der Waals surface area contributed by atoms with Crippen LogP contribution in [0, 0.1) is 5.92 Å². The molecule has 0 heterocycles. The van der Waals surface area contributed by atoms with Crippen molar-refractivity contribution >= 4 is 5.97 Å². The molecule has 0 unspecified atom stereocenters. The SMILES string of the molecule is C[C](C)C(=O)OCC(F)(F)F. The first-order chi connectivity index (χ1) is 4.83. The van der Waals surface area contributed by atoms with E-state index in [9.17, 15) is 18.0 Å². The van der Waals surface area contributed by atoms with Gasteiger partial charge in [0.05, 0.1) is 5.92 Å². The summed E-state index contributed by atoms with van der Waals surface area (Å²) in [6, 6.07) is 0. The van der Waals surface area contributed by atoms with Crippen LogP contribution in [0.1, 0.15) is 13.8 Å². The Kier molecular flexibility index (Phi) is 3.35. The van der Waals surface area contributed by atoms with Crippen molar-refractivity contribution in [2.75, 3.05) is 6.61 Å². The van der Waals surface area contributed by atoms with Crippen LogP contribution in [0.5, 0.6) is 0 Å².